The van der Waals surface area contributed by atoms with Crippen LogP contribution in [0.5, 0.6) is 0 Å². The number of hydrogen-bond acceptors (Lipinski definition) is 6. The van der Waals surface area contributed by atoms with Crippen molar-refractivity contribution in [3.05, 3.63) is 22.4 Å². The average Bonchev–Trinajstić information content (AvgIpc) is 3.40. The molecule has 1 aliphatic heterocycles. The van der Waals surface area contributed by atoms with E-state index in [1.807, 2.05) is 0 Å². The summed E-state index contributed by atoms with van der Waals surface area (Å²) < 4.78 is 5.03. The summed E-state index contributed by atoms with van der Waals surface area (Å²) in [4.78, 5) is 50.4. The van der Waals surface area contributed by atoms with Crippen LogP contribution in [0.1, 0.15) is 48.2 Å². The van der Waals surface area contributed by atoms with Gasteiger partial charge in [0.25, 0.3) is 11.8 Å². The second kappa shape index (κ2) is 8.98. The maximum atomic E-state index is 12.5. The maximum absolute atomic E-state index is 12.5. The maximum Gasteiger partial charge on any atom is 0.329 e. The summed E-state index contributed by atoms with van der Waals surface area (Å²) in [5.41, 5.74) is 0. The van der Waals surface area contributed by atoms with Crippen molar-refractivity contribution in [1.82, 2.24) is 15.5 Å². The van der Waals surface area contributed by atoms with Crippen LogP contribution < -0.4 is 10.6 Å². The summed E-state index contributed by atoms with van der Waals surface area (Å²) in [7, 11) is 0. The lowest BCUT2D eigenvalue weighted by molar-refractivity contribution is -0.152. The third-order valence-corrected chi connectivity index (χ3v) is 5.66. The van der Waals surface area contributed by atoms with Crippen molar-refractivity contribution in [3.8, 4) is 0 Å². The van der Waals surface area contributed by atoms with Crippen LogP contribution in [-0.2, 0) is 14.3 Å². The Kier molecular flexibility index (Phi) is 6.44. The Morgan fingerprint density at radius 1 is 1.15 bits per heavy atom. The molecule has 1 saturated heterocycles. The Morgan fingerprint density at radius 3 is 2.63 bits per heavy atom. The number of ether oxygens (including phenoxy) is 1. The standard InChI is InChI=1S/C18H23N3O5S/c22-15(20-18(25)19-12-5-1-2-6-12)11-26-17(24)13-7-3-9-21(13)16(23)14-8-4-10-27-14/h4,8,10,12-13H,1-3,5-7,9,11H2,(H2,19,20,22,25)/t13-/m0/s1. The number of urea groups is 1. The molecule has 2 heterocycles. The van der Waals surface area contributed by atoms with Gasteiger partial charge in [0, 0.05) is 12.6 Å². The lowest BCUT2D eigenvalue weighted by Crippen LogP contribution is -2.46. The first kappa shape index (κ1) is 19.3. The number of hydrogen-bond donors (Lipinski definition) is 2. The molecule has 1 aromatic heterocycles. The van der Waals surface area contributed by atoms with Gasteiger partial charge in [-0.05, 0) is 37.1 Å². The molecular weight excluding hydrogens is 370 g/mol. The van der Waals surface area contributed by atoms with Crippen molar-refractivity contribution in [2.45, 2.75) is 50.6 Å². The zero-order valence-electron chi connectivity index (χ0n) is 14.9. The molecule has 0 spiro atoms. The molecule has 0 aromatic carbocycles. The van der Waals surface area contributed by atoms with Gasteiger partial charge >= 0.3 is 12.0 Å². The molecular formula is C18H23N3O5S. The molecule has 1 aromatic rings. The number of imide groups is 1. The van der Waals surface area contributed by atoms with E-state index in [4.69, 9.17) is 4.74 Å². The largest absolute Gasteiger partial charge is 0.454 e. The summed E-state index contributed by atoms with van der Waals surface area (Å²) in [5, 5.41) is 6.69. The highest BCUT2D eigenvalue weighted by Gasteiger charge is 2.36. The zero-order chi connectivity index (χ0) is 19.2. The summed E-state index contributed by atoms with van der Waals surface area (Å²) >= 11 is 1.32. The molecule has 1 aliphatic carbocycles. The number of nitrogens with one attached hydrogen (secondary N) is 2. The molecule has 9 heteroatoms. The van der Waals surface area contributed by atoms with Crippen LogP contribution in [0.15, 0.2) is 17.5 Å². The van der Waals surface area contributed by atoms with Crippen LogP contribution in [0.4, 0.5) is 4.79 Å². The molecule has 4 amide bonds. The fourth-order valence-corrected chi connectivity index (χ4v) is 4.16. The normalized spacial score (nSPS) is 19.7. The van der Waals surface area contributed by atoms with Crippen LogP contribution in [-0.4, -0.2) is 54.0 Å². The van der Waals surface area contributed by atoms with Gasteiger partial charge in [0.2, 0.25) is 0 Å². The Morgan fingerprint density at radius 2 is 1.93 bits per heavy atom. The third kappa shape index (κ3) is 5.06. The number of nitrogens with zero attached hydrogens (tertiary/aromatic N) is 1. The minimum atomic E-state index is -0.695. The molecule has 0 bridgehead atoms. The molecule has 0 radical (unpaired) electrons. The number of thiophene rings is 1. The molecule has 2 fully saturated rings. The molecule has 2 N–H and O–H groups in total. The Bertz CT molecular complexity index is 700. The van der Waals surface area contributed by atoms with Crippen LogP contribution in [0, 0.1) is 0 Å². The van der Waals surface area contributed by atoms with E-state index in [0.29, 0.717) is 24.3 Å². The van der Waals surface area contributed by atoms with Crippen molar-refractivity contribution in [3.63, 3.8) is 0 Å². The number of carbonyl (C=O) groups is 4. The smallest absolute Gasteiger partial charge is 0.329 e. The Labute approximate surface area is 161 Å². The van der Waals surface area contributed by atoms with Gasteiger partial charge in [-0.1, -0.05) is 18.9 Å². The van der Waals surface area contributed by atoms with Gasteiger partial charge in [-0.15, -0.1) is 11.3 Å². The Hall–Kier alpha value is -2.42. The summed E-state index contributed by atoms with van der Waals surface area (Å²) in [6.45, 7) is -0.0685. The van der Waals surface area contributed by atoms with Gasteiger partial charge in [-0.3, -0.25) is 14.9 Å². The van der Waals surface area contributed by atoms with E-state index >= 15 is 0 Å². The van der Waals surface area contributed by atoms with Crippen molar-refractivity contribution in [1.29, 1.82) is 0 Å². The highest BCUT2D eigenvalue weighted by atomic mass is 32.1. The van der Waals surface area contributed by atoms with Crippen molar-refractivity contribution < 1.29 is 23.9 Å². The molecule has 8 nitrogen and oxygen atoms in total. The molecule has 0 unspecified atom stereocenters. The van der Waals surface area contributed by atoms with Crippen LogP contribution >= 0.6 is 11.3 Å². The van der Waals surface area contributed by atoms with Gasteiger partial charge < -0.3 is 15.0 Å². The zero-order valence-corrected chi connectivity index (χ0v) is 15.8. The molecule has 1 atom stereocenters. The van der Waals surface area contributed by atoms with Crippen LogP contribution in [0.2, 0.25) is 0 Å². The minimum absolute atomic E-state index is 0.0932. The second-order valence-corrected chi connectivity index (χ2v) is 7.69. The second-order valence-electron chi connectivity index (χ2n) is 6.74. The summed E-state index contributed by atoms with van der Waals surface area (Å²) in [6.07, 6.45) is 5.16. The first-order valence-corrected chi connectivity index (χ1v) is 10.0. The van der Waals surface area contributed by atoms with E-state index in [9.17, 15) is 19.2 Å². The van der Waals surface area contributed by atoms with Crippen molar-refractivity contribution >= 4 is 35.2 Å². The topological polar surface area (TPSA) is 105 Å². The number of likely N-dealkylation sites (tertiary alicyclic amines) is 1. The van der Waals surface area contributed by atoms with E-state index in [-0.39, 0.29) is 11.9 Å². The first-order chi connectivity index (χ1) is 13.0. The van der Waals surface area contributed by atoms with E-state index in [2.05, 4.69) is 10.6 Å². The van der Waals surface area contributed by atoms with Crippen LogP contribution in [0.25, 0.3) is 0 Å². The van der Waals surface area contributed by atoms with Crippen molar-refractivity contribution in [2.75, 3.05) is 13.2 Å². The predicted octanol–water partition coefficient (Wildman–Crippen LogP) is 1.66. The lowest BCUT2D eigenvalue weighted by atomic mass is 10.2. The highest BCUT2D eigenvalue weighted by Crippen LogP contribution is 2.23. The minimum Gasteiger partial charge on any atom is -0.454 e. The van der Waals surface area contributed by atoms with E-state index in [0.717, 1.165) is 25.7 Å². The van der Waals surface area contributed by atoms with Gasteiger partial charge in [-0.25, -0.2) is 9.59 Å². The van der Waals surface area contributed by atoms with Gasteiger partial charge in [-0.2, -0.15) is 0 Å². The predicted molar refractivity (Wildman–Crippen MR) is 98.3 cm³/mol. The average molecular weight is 393 g/mol. The van der Waals surface area contributed by atoms with E-state index in [1.54, 1.807) is 17.5 Å². The highest BCUT2D eigenvalue weighted by molar-refractivity contribution is 7.12. The fraction of sp³-hybridized carbons (Fsp3) is 0.556. The monoisotopic (exact) mass is 393 g/mol. The SMILES string of the molecule is O=C(COC(=O)[C@@H]1CCCN1C(=O)c1cccs1)NC(=O)NC1CCCC1. The molecule has 1 saturated carbocycles. The number of esters is 1. The van der Waals surface area contributed by atoms with Gasteiger partial charge in [0.15, 0.2) is 6.61 Å². The molecule has 146 valence electrons. The van der Waals surface area contributed by atoms with Crippen LogP contribution in [0.3, 0.4) is 0 Å². The van der Waals surface area contributed by atoms with Gasteiger partial charge in [0.05, 0.1) is 4.88 Å². The molecule has 3 rings (SSSR count). The third-order valence-electron chi connectivity index (χ3n) is 4.81. The lowest BCUT2D eigenvalue weighted by Gasteiger charge is -2.22. The summed E-state index contributed by atoms with van der Waals surface area (Å²) in [5.74, 6) is -1.51. The quantitative estimate of drug-likeness (QED) is 0.741. The van der Waals surface area contributed by atoms with Gasteiger partial charge in [0.1, 0.15) is 6.04 Å². The number of carbonyl (C=O) groups excluding carboxylic acids is 4. The number of amides is 4. The number of rotatable bonds is 5. The van der Waals surface area contributed by atoms with Crippen molar-refractivity contribution in [2.24, 2.45) is 0 Å². The molecule has 2 aliphatic rings. The van der Waals surface area contributed by atoms with E-state index in [1.165, 1.54) is 16.2 Å². The molecule has 27 heavy (non-hydrogen) atoms. The fourth-order valence-electron chi connectivity index (χ4n) is 3.48. The first-order valence-electron chi connectivity index (χ1n) is 9.16. The Balaban J connectivity index is 1.44. The van der Waals surface area contributed by atoms with E-state index < -0.39 is 30.6 Å². The summed E-state index contributed by atoms with van der Waals surface area (Å²) in [6, 6.07) is 2.32.